The largest absolute Gasteiger partial charge is 0.321 e. The second-order valence-corrected chi connectivity index (χ2v) is 8.53. The number of anilines is 1. The molecule has 0 aliphatic carbocycles. The third-order valence-electron chi connectivity index (χ3n) is 5.19. The Morgan fingerprint density at radius 3 is 2.34 bits per heavy atom. The molecule has 172 valence electrons. The van der Waals surface area contributed by atoms with Crippen molar-refractivity contribution in [2.45, 2.75) is 6.92 Å². The lowest BCUT2D eigenvalue weighted by atomic mass is 10.2. The van der Waals surface area contributed by atoms with E-state index in [0.29, 0.717) is 16.9 Å². The highest BCUT2D eigenvalue weighted by atomic mass is 32.1. The number of nitriles is 1. The number of nitro groups is 1. The highest BCUT2D eigenvalue weighted by Crippen LogP contribution is 2.15. The lowest BCUT2D eigenvalue weighted by Crippen LogP contribution is -2.32. The third kappa shape index (κ3) is 4.93. The summed E-state index contributed by atoms with van der Waals surface area (Å²) in [4.78, 5) is 36.9. The highest BCUT2D eigenvalue weighted by molar-refractivity contribution is 7.07. The molecular weight excluding hydrogens is 464 g/mol. The van der Waals surface area contributed by atoms with Crippen LogP contribution in [-0.4, -0.2) is 15.4 Å². The Hall–Kier alpha value is -4.81. The van der Waals surface area contributed by atoms with Crippen LogP contribution in [0.15, 0.2) is 83.7 Å². The van der Waals surface area contributed by atoms with E-state index in [4.69, 9.17) is 0 Å². The Balaban J connectivity index is 1.93. The van der Waals surface area contributed by atoms with Crippen LogP contribution < -0.4 is 20.1 Å². The monoisotopic (exact) mass is 482 g/mol. The molecule has 3 aromatic carbocycles. The second kappa shape index (κ2) is 9.99. The summed E-state index contributed by atoms with van der Waals surface area (Å²) in [5, 5.41) is 23.6. The Morgan fingerprint density at radius 2 is 1.71 bits per heavy atom. The molecule has 4 rings (SSSR count). The quantitative estimate of drug-likeness (QED) is 0.346. The first-order valence-electron chi connectivity index (χ1n) is 10.4. The van der Waals surface area contributed by atoms with Crippen LogP contribution in [0.2, 0.25) is 0 Å². The number of hydrogen-bond donors (Lipinski definition) is 1. The van der Waals surface area contributed by atoms with Gasteiger partial charge in [-0.2, -0.15) is 5.26 Å². The SMILES string of the molecule is Cc1ccccc1NC(=O)/C(C#N)=c1/s/c(=C\c2ccc([N+](=O)[O-])cc2)c(=O)n1-c1ccccc1. The molecule has 1 heterocycles. The molecule has 1 aromatic heterocycles. The molecular formula is C26H18N4O4S. The Morgan fingerprint density at radius 1 is 1.06 bits per heavy atom. The van der Waals surface area contributed by atoms with E-state index >= 15 is 0 Å². The average molecular weight is 483 g/mol. The van der Waals surface area contributed by atoms with Crippen molar-refractivity contribution in [3.8, 4) is 11.8 Å². The van der Waals surface area contributed by atoms with Gasteiger partial charge in [0.2, 0.25) is 0 Å². The zero-order valence-electron chi connectivity index (χ0n) is 18.5. The van der Waals surface area contributed by atoms with Gasteiger partial charge < -0.3 is 5.32 Å². The minimum atomic E-state index is -0.630. The molecule has 4 aromatic rings. The maximum Gasteiger partial charge on any atom is 0.273 e. The summed E-state index contributed by atoms with van der Waals surface area (Å²) in [6.45, 7) is 1.84. The fourth-order valence-electron chi connectivity index (χ4n) is 3.40. The first-order valence-corrected chi connectivity index (χ1v) is 11.3. The van der Waals surface area contributed by atoms with Gasteiger partial charge in [-0.1, -0.05) is 36.4 Å². The predicted molar refractivity (Wildman–Crippen MR) is 135 cm³/mol. The maximum atomic E-state index is 13.4. The zero-order chi connectivity index (χ0) is 24.9. The molecule has 0 spiro atoms. The van der Waals surface area contributed by atoms with Crippen molar-refractivity contribution < 1.29 is 9.72 Å². The molecule has 9 heteroatoms. The molecule has 0 aliphatic heterocycles. The minimum absolute atomic E-state index is 0.0660. The van der Waals surface area contributed by atoms with E-state index in [1.165, 1.54) is 28.8 Å². The number of carbonyl (C=O) groups excluding carboxylic acids is 1. The van der Waals surface area contributed by atoms with Crippen molar-refractivity contribution in [1.29, 1.82) is 5.26 Å². The summed E-state index contributed by atoms with van der Waals surface area (Å²) in [5.41, 5.74) is 1.79. The summed E-state index contributed by atoms with van der Waals surface area (Å²) in [5.74, 6) is -0.630. The van der Waals surface area contributed by atoms with Gasteiger partial charge >= 0.3 is 0 Å². The van der Waals surface area contributed by atoms with Gasteiger partial charge in [-0.25, -0.2) is 0 Å². The number of aromatic nitrogens is 1. The Bertz CT molecular complexity index is 1650. The summed E-state index contributed by atoms with van der Waals surface area (Å²) in [6.07, 6.45) is 1.58. The fraction of sp³-hybridized carbons (Fsp3) is 0.0385. The van der Waals surface area contributed by atoms with E-state index in [0.717, 1.165) is 16.9 Å². The second-order valence-electron chi connectivity index (χ2n) is 7.50. The number of amides is 1. The number of carbonyl (C=O) groups is 1. The number of non-ortho nitro benzene ring substituents is 1. The molecule has 0 unspecified atom stereocenters. The molecule has 8 nitrogen and oxygen atoms in total. The van der Waals surface area contributed by atoms with Crippen molar-refractivity contribution >= 4 is 40.3 Å². The van der Waals surface area contributed by atoms with Crippen LogP contribution in [0.5, 0.6) is 0 Å². The summed E-state index contributed by atoms with van der Waals surface area (Å²) < 4.78 is 1.79. The molecule has 0 aliphatic rings. The Kier molecular flexibility index (Phi) is 6.66. The molecule has 0 saturated carbocycles. The summed E-state index contributed by atoms with van der Waals surface area (Å²) in [7, 11) is 0. The number of benzene rings is 3. The van der Waals surface area contributed by atoms with E-state index in [-0.39, 0.29) is 20.5 Å². The first kappa shape index (κ1) is 23.4. The molecule has 0 bridgehead atoms. The van der Waals surface area contributed by atoms with Crippen molar-refractivity contribution in [3.05, 3.63) is 120 Å². The fourth-order valence-corrected chi connectivity index (χ4v) is 4.50. The number of aryl methyl sites for hydroxylation is 1. The van der Waals surface area contributed by atoms with Crippen LogP contribution in [-0.2, 0) is 4.79 Å². The number of para-hydroxylation sites is 2. The van der Waals surface area contributed by atoms with Crippen LogP contribution in [0.4, 0.5) is 11.4 Å². The van der Waals surface area contributed by atoms with Gasteiger partial charge in [0.05, 0.1) is 15.1 Å². The van der Waals surface area contributed by atoms with Gasteiger partial charge in [0, 0.05) is 17.8 Å². The highest BCUT2D eigenvalue weighted by Gasteiger charge is 2.18. The molecule has 1 amide bonds. The van der Waals surface area contributed by atoms with E-state index in [1.807, 2.05) is 25.1 Å². The van der Waals surface area contributed by atoms with Crippen molar-refractivity contribution in [1.82, 2.24) is 4.57 Å². The number of nitrogens with zero attached hydrogens (tertiary/aromatic N) is 3. The molecule has 0 fully saturated rings. The van der Waals surface area contributed by atoms with E-state index < -0.39 is 16.4 Å². The van der Waals surface area contributed by atoms with Gasteiger partial charge in [0.1, 0.15) is 10.7 Å². The molecule has 0 radical (unpaired) electrons. The third-order valence-corrected chi connectivity index (χ3v) is 6.28. The van der Waals surface area contributed by atoms with Crippen LogP contribution in [0.25, 0.3) is 17.3 Å². The number of rotatable bonds is 5. The zero-order valence-corrected chi connectivity index (χ0v) is 19.3. The molecule has 0 saturated heterocycles. The average Bonchev–Trinajstić information content (AvgIpc) is 3.17. The van der Waals surface area contributed by atoms with Gasteiger partial charge in [-0.15, -0.1) is 11.3 Å². The van der Waals surface area contributed by atoms with Crippen LogP contribution in [0.3, 0.4) is 0 Å². The van der Waals surface area contributed by atoms with Gasteiger partial charge in [0.15, 0.2) is 5.57 Å². The predicted octanol–water partition coefficient (Wildman–Crippen LogP) is 3.26. The van der Waals surface area contributed by atoms with Gasteiger partial charge in [-0.3, -0.25) is 24.3 Å². The number of nitrogens with one attached hydrogen (secondary N) is 1. The first-order chi connectivity index (χ1) is 16.9. The number of nitro benzene ring substituents is 1. The standard InChI is InChI=1S/C26H18N4O4S/c1-17-7-5-6-10-22(17)28-24(31)21(16-27)26-29(19-8-3-2-4-9-19)25(32)23(35-26)15-18-11-13-20(14-12-18)30(33)34/h2-15H,1H3,(H,28,31)/b23-15-,26-21+. The Labute approximate surface area is 203 Å². The minimum Gasteiger partial charge on any atom is -0.321 e. The maximum absolute atomic E-state index is 13.4. The van der Waals surface area contributed by atoms with E-state index in [9.17, 15) is 25.0 Å². The molecule has 0 atom stereocenters. The van der Waals surface area contributed by atoms with Crippen LogP contribution in [0, 0.1) is 28.4 Å². The lowest BCUT2D eigenvalue weighted by molar-refractivity contribution is -0.384. The number of thiazole rings is 1. The smallest absolute Gasteiger partial charge is 0.273 e. The number of hydrogen-bond acceptors (Lipinski definition) is 6. The lowest BCUT2D eigenvalue weighted by Gasteiger charge is -2.08. The normalized spacial score (nSPS) is 12.1. The van der Waals surface area contributed by atoms with Crippen molar-refractivity contribution in [2.24, 2.45) is 0 Å². The van der Waals surface area contributed by atoms with Crippen LogP contribution >= 0.6 is 11.3 Å². The van der Waals surface area contributed by atoms with E-state index in [2.05, 4.69) is 5.32 Å². The topological polar surface area (TPSA) is 118 Å². The van der Waals surface area contributed by atoms with Gasteiger partial charge in [-0.05, 0) is 54.5 Å². The summed E-state index contributed by atoms with van der Waals surface area (Å²) >= 11 is 1.00. The summed E-state index contributed by atoms with van der Waals surface area (Å²) in [6, 6.07) is 23.6. The van der Waals surface area contributed by atoms with Crippen molar-refractivity contribution in [2.75, 3.05) is 5.32 Å². The molecule has 1 N–H and O–H groups in total. The van der Waals surface area contributed by atoms with Crippen molar-refractivity contribution in [3.63, 3.8) is 0 Å². The van der Waals surface area contributed by atoms with Crippen LogP contribution in [0.1, 0.15) is 11.1 Å². The van der Waals surface area contributed by atoms with E-state index in [1.54, 1.807) is 48.5 Å². The molecule has 35 heavy (non-hydrogen) atoms. The van der Waals surface area contributed by atoms with Gasteiger partial charge in [0.25, 0.3) is 17.2 Å².